The van der Waals surface area contributed by atoms with Gasteiger partial charge in [-0.3, -0.25) is 4.68 Å². The summed E-state index contributed by atoms with van der Waals surface area (Å²) in [5.41, 5.74) is 2.24. The zero-order valence-electron chi connectivity index (χ0n) is 9.88. The number of hydrogen-bond acceptors (Lipinski definition) is 2. The molecule has 0 aliphatic rings. The van der Waals surface area contributed by atoms with E-state index in [1.54, 1.807) is 4.68 Å². The van der Waals surface area contributed by atoms with Crippen LogP contribution in [0.2, 0.25) is 5.15 Å². The third-order valence-corrected chi connectivity index (χ3v) is 4.39. The van der Waals surface area contributed by atoms with Crippen LogP contribution in [0.15, 0.2) is 0 Å². The Morgan fingerprint density at radius 1 is 1.53 bits per heavy atom. The van der Waals surface area contributed by atoms with Gasteiger partial charge < -0.3 is 0 Å². The fourth-order valence-electron chi connectivity index (χ4n) is 1.32. The average Bonchev–Trinajstić information content (AvgIpc) is 2.44. The molecular formula is C11H19ClN2S. The highest BCUT2D eigenvalue weighted by atomic mass is 35.5. The van der Waals surface area contributed by atoms with Crippen LogP contribution in [0, 0.1) is 12.8 Å². The van der Waals surface area contributed by atoms with Crippen LogP contribution < -0.4 is 0 Å². The van der Waals surface area contributed by atoms with Crippen LogP contribution in [0.25, 0.3) is 0 Å². The van der Waals surface area contributed by atoms with Crippen molar-refractivity contribution in [1.29, 1.82) is 0 Å². The number of halogens is 1. The summed E-state index contributed by atoms with van der Waals surface area (Å²) in [6, 6.07) is 0. The first-order valence-corrected chi connectivity index (χ1v) is 6.85. The minimum atomic E-state index is 0.782. The minimum absolute atomic E-state index is 0.782. The van der Waals surface area contributed by atoms with Gasteiger partial charge in [-0.1, -0.05) is 31.9 Å². The molecule has 1 unspecified atom stereocenters. The minimum Gasteiger partial charge on any atom is -0.257 e. The maximum absolute atomic E-state index is 6.15. The van der Waals surface area contributed by atoms with Gasteiger partial charge in [-0.15, -0.1) is 0 Å². The first-order chi connectivity index (χ1) is 7.06. The number of thioether (sulfide) groups is 1. The zero-order chi connectivity index (χ0) is 11.4. The summed E-state index contributed by atoms with van der Waals surface area (Å²) >= 11 is 8.09. The van der Waals surface area contributed by atoms with Gasteiger partial charge in [0.15, 0.2) is 0 Å². The number of aromatic nitrogens is 2. The Morgan fingerprint density at radius 3 is 2.67 bits per heavy atom. The summed E-state index contributed by atoms with van der Waals surface area (Å²) in [4.78, 5) is 0. The smallest absolute Gasteiger partial charge is 0.131 e. The van der Waals surface area contributed by atoms with Gasteiger partial charge in [-0.25, -0.2) is 0 Å². The summed E-state index contributed by atoms with van der Waals surface area (Å²) in [5.74, 6) is 2.95. The van der Waals surface area contributed by atoms with Crippen molar-refractivity contribution >= 4 is 23.4 Å². The molecule has 0 aromatic carbocycles. The van der Waals surface area contributed by atoms with E-state index >= 15 is 0 Å². The van der Waals surface area contributed by atoms with Gasteiger partial charge in [0.25, 0.3) is 0 Å². The highest BCUT2D eigenvalue weighted by Gasteiger charge is 2.11. The molecular weight excluding hydrogens is 228 g/mol. The van der Waals surface area contributed by atoms with Crippen molar-refractivity contribution in [1.82, 2.24) is 9.78 Å². The maximum atomic E-state index is 6.15. The Bertz CT molecular complexity index is 323. The molecule has 0 saturated carbocycles. The van der Waals surface area contributed by atoms with Crippen molar-refractivity contribution in [3.8, 4) is 0 Å². The van der Waals surface area contributed by atoms with E-state index < -0.39 is 0 Å². The fraction of sp³-hybridized carbons (Fsp3) is 0.727. The largest absolute Gasteiger partial charge is 0.257 e. The standard InChI is InChI=1S/C11H19ClN2S/c1-5-8(2)6-15-7-10-9(3)13-14(4)11(10)12/h8H,5-7H2,1-4H3. The molecule has 1 atom stereocenters. The monoisotopic (exact) mass is 246 g/mol. The molecule has 1 rings (SSSR count). The molecule has 0 spiro atoms. The number of hydrogen-bond donors (Lipinski definition) is 0. The average molecular weight is 247 g/mol. The van der Waals surface area contributed by atoms with Crippen molar-refractivity contribution in [2.24, 2.45) is 13.0 Å². The predicted molar refractivity (Wildman–Crippen MR) is 68.6 cm³/mol. The second-order valence-corrected chi connectivity index (χ2v) is 5.40. The molecule has 4 heteroatoms. The molecule has 0 aliphatic heterocycles. The third kappa shape index (κ3) is 3.42. The molecule has 0 radical (unpaired) electrons. The normalized spacial score (nSPS) is 13.1. The fourth-order valence-corrected chi connectivity index (χ4v) is 2.94. The summed E-state index contributed by atoms with van der Waals surface area (Å²) in [6.45, 7) is 6.53. The first-order valence-electron chi connectivity index (χ1n) is 5.32. The van der Waals surface area contributed by atoms with Crippen molar-refractivity contribution in [3.63, 3.8) is 0 Å². The molecule has 0 saturated heterocycles. The second-order valence-electron chi connectivity index (χ2n) is 4.01. The van der Waals surface area contributed by atoms with E-state index in [2.05, 4.69) is 18.9 Å². The molecule has 0 aliphatic carbocycles. The maximum Gasteiger partial charge on any atom is 0.131 e. The van der Waals surface area contributed by atoms with Crippen LogP contribution >= 0.6 is 23.4 Å². The molecule has 0 amide bonds. The molecule has 2 nitrogen and oxygen atoms in total. The predicted octanol–water partition coefficient (Wildman–Crippen LogP) is 3.66. The van der Waals surface area contributed by atoms with E-state index in [1.165, 1.54) is 17.7 Å². The van der Waals surface area contributed by atoms with Crippen LogP contribution in [0.5, 0.6) is 0 Å². The van der Waals surface area contributed by atoms with Crippen LogP contribution in [-0.4, -0.2) is 15.5 Å². The Balaban J connectivity index is 2.50. The Morgan fingerprint density at radius 2 is 2.20 bits per heavy atom. The number of nitrogens with zero attached hydrogens (tertiary/aromatic N) is 2. The molecule has 15 heavy (non-hydrogen) atoms. The summed E-state index contributed by atoms with van der Waals surface area (Å²) in [7, 11) is 1.89. The third-order valence-electron chi connectivity index (χ3n) is 2.62. The van der Waals surface area contributed by atoms with E-state index in [0.717, 1.165) is 22.5 Å². The highest BCUT2D eigenvalue weighted by molar-refractivity contribution is 7.98. The van der Waals surface area contributed by atoms with Crippen molar-refractivity contribution in [3.05, 3.63) is 16.4 Å². The topological polar surface area (TPSA) is 17.8 Å². The molecule has 1 aromatic heterocycles. The number of rotatable bonds is 5. The van der Waals surface area contributed by atoms with Gasteiger partial charge in [0.2, 0.25) is 0 Å². The Hall–Kier alpha value is -0.150. The van der Waals surface area contributed by atoms with Crippen LogP contribution in [0.4, 0.5) is 0 Å². The second kappa shape index (κ2) is 5.80. The SMILES string of the molecule is CCC(C)CSCc1c(C)nn(C)c1Cl. The van der Waals surface area contributed by atoms with E-state index in [0.29, 0.717) is 0 Å². The van der Waals surface area contributed by atoms with E-state index in [4.69, 9.17) is 11.6 Å². The first kappa shape index (κ1) is 12.9. The van der Waals surface area contributed by atoms with E-state index in [1.807, 2.05) is 25.7 Å². The zero-order valence-corrected chi connectivity index (χ0v) is 11.5. The van der Waals surface area contributed by atoms with Gasteiger partial charge in [-0.05, 0) is 18.6 Å². The van der Waals surface area contributed by atoms with Gasteiger partial charge in [0.05, 0.1) is 5.69 Å². The Labute approximate surface area is 101 Å². The summed E-state index contributed by atoms with van der Waals surface area (Å²) in [6.07, 6.45) is 1.24. The van der Waals surface area contributed by atoms with Crippen LogP contribution in [0.1, 0.15) is 31.5 Å². The Kier molecular flexibility index (Phi) is 5.00. The molecule has 1 aromatic rings. The van der Waals surface area contributed by atoms with Gasteiger partial charge in [-0.2, -0.15) is 16.9 Å². The van der Waals surface area contributed by atoms with Gasteiger partial charge in [0.1, 0.15) is 5.15 Å². The molecule has 86 valence electrons. The lowest BCUT2D eigenvalue weighted by atomic mass is 10.2. The highest BCUT2D eigenvalue weighted by Crippen LogP contribution is 2.25. The summed E-state index contributed by atoms with van der Waals surface area (Å²) < 4.78 is 1.75. The van der Waals surface area contributed by atoms with Gasteiger partial charge in [0, 0.05) is 18.4 Å². The molecule has 0 bridgehead atoms. The van der Waals surface area contributed by atoms with Crippen molar-refractivity contribution < 1.29 is 0 Å². The van der Waals surface area contributed by atoms with Gasteiger partial charge >= 0.3 is 0 Å². The lowest BCUT2D eigenvalue weighted by Gasteiger charge is -2.07. The van der Waals surface area contributed by atoms with E-state index in [9.17, 15) is 0 Å². The van der Waals surface area contributed by atoms with Crippen LogP contribution in [0.3, 0.4) is 0 Å². The molecule has 0 fully saturated rings. The quantitative estimate of drug-likeness (QED) is 0.789. The van der Waals surface area contributed by atoms with Crippen molar-refractivity contribution in [2.45, 2.75) is 32.9 Å². The number of aryl methyl sites for hydroxylation is 2. The summed E-state index contributed by atoms with van der Waals surface area (Å²) in [5, 5.41) is 5.08. The molecule has 1 heterocycles. The van der Waals surface area contributed by atoms with Crippen LogP contribution in [-0.2, 0) is 12.8 Å². The van der Waals surface area contributed by atoms with E-state index in [-0.39, 0.29) is 0 Å². The molecule has 0 N–H and O–H groups in total. The lowest BCUT2D eigenvalue weighted by Crippen LogP contribution is -1.96. The lowest BCUT2D eigenvalue weighted by molar-refractivity contribution is 0.637. The van der Waals surface area contributed by atoms with Crippen molar-refractivity contribution in [2.75, 3.05) is 5.75 Å².